The molecular formula is C15H25ClN2O2S. The van der Waals surface area contributed by atoms with Crippen molar-refractivity contribution in [2.24, 2.45) is 5.73 Å². The molecule has 0 saturated heterocycles. The molecule has 4 nitrogen and oxygen atoms in total. The smallest absolute Gasteiger partial charge is 0.242 e. The van der Waals surface area contributed by atoms with Crippen molar-refractivity contribution in [2.75, 3.05) is 0 Å². The van der Waals surface area contributed by atoms with Crippen molar-refractivity contribution >= 4 is 21.6 Å². The molecule has 0 aliphatic heterocycles. The zero-order valence-corrected chi connectivity index (χ0v) is 14.3. The summed E-state index contributed by atoms with van der Waals surface area (Å²) >= 11 is 6.04. The quantitative estimate of drug-likeness (QED) is 0.727. The fourth-order valence-corrected chi connectivity index (χ4v) is 4.08. The van der Waals surface area contributed by atoms with Gasteiger partial charge in [-0.15, -0.1) is 0 Å². The average Bonchev–Trinajstić information content (AvgIpc) is 2.45. The second-order valence-corrected chi connectivity index (χ2v) is 7.31. The maximum Gasteiger partial charge on any atom is 0.242 e. The molecule has 3 N–H and O–H groups in total. The van der Waals surface area contributed by atoms with E-state index in [-0.39, 0.29) is 22.5 Å². The molecular weight excluding hydrogens is 308 g/mol. The molecule has 6 heteroatoms. The first-order chi connectivity index (χ1) is 9.94. The van der Waals surface area contributed by atoms with Crippen molar-refractivity contribution in [3.05, 3.63) is 28.8 Å². The van der Waals surface area contributed by atoms with Crippen LogP contribution in [0.5, 0.6) is 0 Å². The first-order valence-corrected chi connectivity index (χ1v) is 9.31. The molecule has 1 unspecified atom stereocenters. The maximum absolute atomic E-state index is 12.5. The molecule has 1 aromatic carbocycles. The van der Waals surface area contributed by atoms with E-state index < -0.39 is 10.0 Å². The average molecular weight is 333 g/mol. The predicted molar refractivity (Wildman–Crippen MR) is 87.9 cm³/mol. The van der Waals surface area contributed by atoms with Crippen LogP contribution < -0.4 is 10.5 Å². The van der Waals surface area contributed by atoms with Crippen molar-refractivity contribution in [3.63, 3.8) is 0 Å². The van der Waals surface area contributed by atoms with Gasteiger partial charge in [-0.05, 0) is 30.5 Å². The molecule has 0 bridgehead atoms. The molecule has 0 aromatic heterocycles. The number of halogens is 1. The highest BCUT2D eigenvalue weighted by Crippen LogP contribution is 2.23. The minimum atomic E-state index is -3.61. The summed E-state index contributed by atoms with van der Waals surface area (Å²) in [4.78, 5) is 0.115. The van der Waals surface area contributed by atoms with Gasteiger partial charge in [0.1, 0.15) is 4.90 Å². The zero-order chi connectivity index (χ0) is 15.9. The molecule has 120 valence electrons. The number of sulfonamides is 1. The van der Waals surface area contributed by atoms with Crippen LogP contribution in [0.3, 0.4) is 0 Å². The lowest BCUT2D eigenvalue weighted by atomic mass is 10.1. The Hall–Kier alpha value is -0.620. The highest BCUT2D eigenvalue weighted by molar-refractivity contribution is 7.89. The Kier molecular flexibility index (Phi) is 7.66. The van der Waals surface area contributed by atoms with Crippen LogP contribution in [0.2, 0.25) is 5.02 Å². The van der Waals surface area contributed by atoms with Crippen molar-refractivity contribution in [2.45, 2.75) is 63.4 Å². The molecule has 21 heavy (non-hydrogen) atoms. The molecule has 1 atom stereocenters. The highest BCUT2D eigenvalue weighted by atomic mass is 35.5. The molecule has 0 aliphatic carbocycles. The number of nitrogens with two attached hydrogens (primary N) is 1. The van der Waals surface area contributed by atoms with E-state index in [9.17, 15) is 8.42 Å². The van der Waals surface area contributed by atoms with Crippen molar-refractivity contribution < 1.29 is 8.42 Å². The summed E-state index contributed by atoms with van der Waals surface area (Å²) in [6.45, 7) is 4.43. The Morgan fingerprint density at radius 2 is 1.95 bits per heavy atom. The predicted octanol–water partition coefficient (Wildman–Crippen LogP) is 3.44. The van der Waals surface area contributed by atoms with Crippen LogP contribution in [0.25, 0.3) is 0 Å². The second kappa shape index (κ2) is 8.73. The van der Waals surface area contributed by atoms with Crippen LogP contribution in [0.4, 0.5) is 0 Å². The summed E-state index contributed by atoms with van der Waals surface area (Å²) in [5, 5.41) is 0.227. The maximum atomic E-state index is 12.5. The van der Waals surface area contributed by atoms with Gasteiger partial charge in [-0.3, -0.25) is 0 Å². The van der Waals surface area contributed by atoms with Crippen LogP contribution in [0, 0.1) is 0 Å². The molecule has 0 radical (unpaired) electrons. The van der Waals surface area contributed by atoms with Gasteiger partial charge >= 0.3 is 0 Å². The summed E-state index contributed by atoms with van der Waals surface area (Å²) in [7, 11) is -3.61. The fraction of sp³-hybridized carbons (Fsp3) is 0.600. The van der Waals surface area contributed by atoms with Gasteiger partial charge in [0.25, 0.3) is 0 Å². The van der Waals surface area contributed by atoms with Gasteiger partial charge in [0, 0.05) is 12.6 Å². The lowest BCUT2D eigenvalue weighted by molar-refractivity contribution is 0.483. The minimum absolute atomic E-state index is 0.0439. The third-order valence-corrected chi connectivity index (χ3v) is 5.39. The molecule has 0 amide bonds. The number of hydrogen-bond acceptors (Lipinski definition) is 3. The lowest BCUT2D eigenvalue weighted by Crippen LogP contribution is -2.35. The third-order valence-electron chi connectivity index (χ3n) is 3.39. The van der Waals surface area contributed by atoms with E-state index >= 15 is 0 Å². The molecule has 0 saturated carbocycles. The van der Waals surface area contributed by atoms with E-state index in [0.717, 1.165) is 37.7 Å². The van der Waals surface area contributed by atoms with Crippen LogP contribution in [0.1, 0.15) is 51.5 Å². The molecule has 1 aromatic rings. The van der Waals surface area contributed by atoms with Gasteiger partial charge in [0.2, 0.25) is 10.0 Å². The van der Waals surface area contributed by atoms with Gasteiger partial charge in [-0.1, -0.05) is 50.8 Å². The van der Waals surface area contributed by atoms with E-state index in [2.05, 4.69) is 18.6 Å². The van der Waals surface area contributed by atoms with Gasteiger partial charge in [0.05, 0.1) is 5.02 Å². The largest absolute Gasteiger partial charge is 0.326 e. The summed E-state index contributed by atoms with van der Waals surface area (Å²) < 4.78 is 27.9. The van der Waals surface area contributed by atoms with E-state index in [0.29, 0.717) is 0 Å². The van der Waals surface area contributed by atoms with Crippen LogP contribution in [0.15, 0.2) is 23.1 Å². The van der Waals surface area contributed by atoms with Crippen LogP contribution in [-0.4, -0.2) is 14.5 Å². The molecule has 1 rings (SSSR count). The molecule has 0 fully saturated rings. The Bertz CT molecular complexity index is 547. The third kappa shape index (κ3) is 5.58. The van der Waals surface area contributed by atoms with Crippen LogP contribution >= 0.6 is 11.6 Å². The van der Waals surface area contributed by atoms with E-state index in [1.807, 2.05) is 0 Å². The first kappa shape index (κ1) is 18.4. The summed E-state index contributed by atoms with van der Waals surface area (Å²) in [5.41, 5.74) is 6.32. The van der Waals surface area contributed by atoms with Crippen molar-refractivity contribution in [1.82, 2.24) is 4.72 Å². The Balaban J connectivity index is 2.98. The van der Waals surface area contributed by atoms with E-state index in [1.54, 1.807) is 18.2 Å². The van der Waals surface area contributed by atoms with Gasteiger partial charge < -0.3 is 5.73 Å². The summed E-state index contributed by atoms with van der Waals surface area (Å²) in [6, 6.07) is 4.83. The normalized spacial score (nSPS) is 13.3. The Morgan fingerprint density at radius 3 is 2.52 bits per heavy atom. The Labute approximate surface area is 133 Å². The van der Waals surface area contributed by atoms with Crippen LogP contribution in [-0.2, 0) is 16.6 Å². The zero-order valence-electron chi connectivity index (χ0n) is 12.7. The monoisotopic (exact) mass is 332 g/mol. The number of nitrogens with one attached hydrogen (secondary N) is 1. The summed E-state index contributed by atoms with van der Waals surface area (Å²) in [6.07, 6.45) is 4.66. The van der Waals surface area contributed by atoms with E-state index in [1.165, 1.54) is 0 Å². The van der Waals surface area contributed by atoms with Gasteiger partial charge in [-0.2, -0.15) is 0 Å². The van der Waals surface area contributed by atoms with Gasteiger partial charge in [-0.25, -0.2) is 13.1 Å². The highest BCUT2D eigenvalue weighted by Gasteiger charge is 2.22. The van der Waals surface area contributed by atoms with Gasteiger partial charge in [0.15, 0.2) is 0 Å². The molecule has 0 spiro atoms. The SMILES string of the molecule is CCCCC(CCC)NS(=O)(=O)c1cc(CN)ccc1Cl. The number of rotatable bonds is 9. The molecule has 0 aliphatic rings. The topological polar surface area (TPSA) is 72.2 Å². The minimum Gasteiger partial charge on any atom is -0.326 e. The second-order valence-electron chi connectivity index (χ2n) is 5.22. The van der Waals surface area contributed by atoms with Crippen molar-refractivity contribution in [1.29, 1.82) is 0 Å². The number of benzene rings is 1. The summed E-state index contributed by atoms with van der Waals surface area (Å²) in [5.74, 6) is 0. The van der Waals surface area contributed by atoms with E-state index in [4.69, 9.17) is 17.3 Å². The van der Waals surface area contributed by atoms with Crippen molar-refractivity contribution in [3.8, 4) is 0 Å². The first-order valence-electron chi connectivity index (χ1n) is 7.45. The molecule has 0 heterocycles. The Morgan fingerprint density at radius 1 is 1.24 bits per heavy atom. The fourth-order valence-electron chi connectivity index (χ4n) is 2.22. The number of unbranched alkanes of at least 4 members (excludes halogenated alkanes) is 1. The standard InChI is InChI=1S/C15H25ClN2O2S/c1-3-5-7-13(6-4-2)18-21(19,20)15-10-12(11-17)8-9-14(15)16/h8-10,13,18H,3-7,11,17H2,1-2H3. The number of hydrogen-bond donors (Lipinski definition) is 2. The lowest BCUT2D eigenvalue weighted by Gasteiger charge is -2.18.